The van der Waals surface area contributed by atoms with E-state index in [0.29, 0.717) is 13.0 Å². The molecule has 1 aliphatic carbocycles. The van der Waals surface area contributed by atoms with E-state index in [9.17, 15) is 5.11 Å². The van der Waals surface area contributed by atoms with Crippen LogP contribution in [0.2, 0.25) is 0 Å². The standard InChI is InChI=1S/C18H29NO2/c1-14(20)13-19-12-11-18(21)17-9-7-16(8-10-17)15-5-3-2-4-6-15/h7-10,14-15,18-21H,2-6,11-13H2,1H3. The molecule has 118 valence electrons. The Kier molecular flexibility index (Phi) is 6.68. The molecule has 0 amide bonds. The summed E-state index contributed by atoms with van der Waals surface area (Å²) in [5, 5.41) is 22.5. The number of hydrogen-bond donors (Lipinski definition) is 3. The van der Waals surface area contributed by atoms with Crippen molar-refractivity contribution in [3.8, 4) is 0 Å². The van der Waals surface area contributed by atoms with Gasteiger partial charge in [-0.3, -0.25) is 0 Å². The van der Waals surface area contributed by atoms with E-state index in [1.54, 1.807) is 6.92 Å². The first-order valence-corrected chi connectivity index (χ1v) is 8.33. The maximum atomic E-state index is 10.2. The molecule has 1 aromatic rings. The van der Waals surface area contributed by atoms with E-state index in [1.807, 2.05) is 0 Å². The molecular formula is C18H29NO2. The lowest BCUT2D eigenvalue weighted by atomic mass is 9.84. The fourth-order valence-corrected chi connectivity index (χ4v) is 3.14. The molecule has 0 saturated heterocycles. The van der Waals surface area contributed by atoms with Crippen LogP contribution in [0, 0.1) is 0 Å². The van der Waals surface area contributed by atoms with Crippen LogP contribution in [0.5, 0.6) is 0 Å². The quantitative estimate of drug-likeness (QED) is 0.677. The van der Waals surface area contributed by atoms with Gasteiger partial charge in [0.05, 0.1) is 12.2 Å². The number of hydrogen-bond acceptors (Lipinski definition) is 3. The van der Waals surface area contributed by atoms with Crippen LogP contribution < -0.4 is 5.32 Å². The van der Waals surface area contributed by atoms with Gasteiger partial charge in [-0.25, -0.2) is 0 Å². The van der Waals surface area contributed by atoms with Gasteiger partial charge in [-0.15, -0.1) is 0 Å². The summed E-state index contributed by atoms with van der Waals surface area (Å²) in [4.78, 5) is 0. The Morgan fingerprint density at radius 3 is 2.38 bits per heavy atom. The molecule has 2 atom stereocenters. The molecule has 1 aliphatic rings. The molecule has 21 heavy (non-hydrogen) atoms. The Balaban J connectivity index is 1.80. The fourth-order valence-electron chi connectivity index (χ4n) is 3.14. The second kappa shape index (κ2) is 8.52. The summed E-state index contributed by atoms with van der Waals surface area (Å²) in [5.74, 6) is 0.720. The first kappa shape index (κ1) is 16.5. The molecule has 2 unspecified atom stereocenters. The Labute approximate surface area is 128 Å². The molecule has 0 spiro atoms. The minimum Gasteiger partial charge on any atom is -0.392 e. The zero-order valence-electron chi connectivity index (χ0n) is 13.1. The highest BCUT2D eigenvalue weighted by atomic mass is 16.3. The molecule has 3 nitrogen and oxygen atoms in total. The summed E-state index contributed by atoms with van der Waals surface area (Å²) in [6, 6.07) is 8.53. The van der Waals surface area contributed by atoms with E-state index >= 15 is 0 Å². The second-order valence-electron chi connectivity index (χ2n) is 6.36. The van der Waals surface area contributed by atoms with Crippen LogP contribution in [0.15, 0.2) is 24.3 Å². The molecule has 1 fully saturated rings. The van der Waals surface area contributed by atoms with Gasteiger partial charge in [-0.05, 0) is 49.8 Å². The van der Waals surface area contributed by atoms with Gasteiger partial charge in [-0.1, -0.05) is 43.5 Å². The Hall–Kier alpha value is -0.900. The van der Waals surface area contributed by atoms with Crippen molar-refractivity contribution >= 4 is 0 Å². The fraction of sp³-hybridized carbons (Fsp3) is 0.667. The van der Waals surface area contributed by atoms with Crippen LogP contribution in [0.25, 0.3) is 0 Å². The van der Waals surface area contributed by atoms with Gasteiger partial charge < -0.3 is 15.5 Å². The van der Waals surface area contributed by atoms with Crippen LogP contribution >= 0.6 is 0 Å². The first-order valence-electron chi connectivity index (χ1n) is 8.33. The SMILES string of the molecule is CC(O)CNCCC(O)c1ccc(C2CCCCC2)cc1. The Morgan fingerprint density at radius 1 is 1.10 bits per heavy atom. The molecule has 0 aliphatic heterocycles. The Bertz CT molecular complexity index is 396. The highest BCUT2D eigenvalue weighted by Gasteiger charge is 2.16. The molecule has 0 radical (unpaired) electrons. The van der Waals surface area contributed by atoms with E-state index < -0.39 is 6.10 Å². The van der Waals surface area contributed by atoms with Crippen molar-refractivity contribution < 1.29 is 10.2 Å². The monoisotopic (exact) mass is 291 g/mol. The lowest BCUT2D eigenvalue weighted by Crippen LogP contribution is -2.26. The summed E-state index contributed by atoms with van der Waals surface area (Å²) in [7, 11) is 0. The van der Waals surface area contributed by atoms with Gasteiger partial charge in [0.1, 0.15) is 0 Å². The predicted octanol–water partition coefficient (Wildman–Crippen LogP) is 3.13. The molecular weight excluding hydrogens is 262 g/mol. The van der Waals surface area contributed by atoms with E-state index in [1.165, 1.54) is 37.7 Å². The molecule has 3 heteroatoms. The summed E-state index contributed by atoms with van der Waals surface area (Å²) >= 11 is 0. The van der Waals surface area contributed by atoms with Crippen LogP contribution in [-0.4, -0.2) is 29.4 Å². The van der Waals surface area contributed by atoms with Gasteiger partial charge in [0.2, 0.25) is 0 Å². The van der Waals surface area contributed by atoms with Crippen molar-refractivity contribution in [1.82, 2.24) is 5.32 Å². The minimum absolute atomic E-state index is 0.336. The van der Waals surface area contributed by atoms with Crippen LogP contribution in [0.4, 0.5) is 0 Å². The third-order valence-corrected chi connectivity index (χ3v) is 4.43. The first-order chi connectivity index (χ1) is 10.2. The highest BCUT2D eigenvalue weighted by molar-refractivity contribution is 5.27. The summed E-state index contributed by atoms with van der Waals surface area (Å²) in [5.41, 5.74) is 2.42. The second-order valence-corrected chi connectivity index (χ2v) is 6.36. The topological polar surface area (TPSA) is 52.5 Å². The number of benzene rings is 1. The average molecular weight is 291 g/mol. The van der Waals surface area contributed by atoms with Crippen LogP contribution in [-0.2, 0) is 0 Å². The zero-order valence-corrected chi connectivity index (χ0v) is 13.1. The van der Waals surface area contributed by atoms with E-state index in [4.69, 9.17) is 5.11 Å². The molecule has 1 saturated carbocycles. The smallest absolute Gasteiger partial charge is 0.0802 e. The van der Waals surface area contributed by atoms with Crippen molar-refractivity contribution in [3.05, 3.63) is 35.4 Å². The average Bonchev–Trinajstić information content (AvgIpc) is 2.52. The molecule has 0 aromatic heterocycles. The number of aliphatic hydroxyl groups is 2. The number of aliphatic hydroxyl groups excluding tert-OH is 2. The predicted molar refractivity (Wildman–Crippen MR) is 86.4 cm³/mol. The Morgan fingerprint density at radius 2 is 1.76 bits per heavy atom. The van der Waals surface area contributed by atoms with E-state index in [-0.39, 0.29) is 6.10 Å². The lowest BCUT2D eigenvalue weighted by Gasteiger charge is -2.22. The number of rotatable bonds is 7. The summed E-state index contributed by atoms with van der Waals surface area (Å²) < 4.78 is 0. The van der Waals surface area contributed by atoms with Crippen LogP contribution in [0.3, 0.4) is 0 Å². The molecule has 3 N–H and O–H groups in total. The van der Waals surface area contributed by atoms with Crippen molar-refractivity contribution in [2.75, 3.05) is 13.1 Å². The van der Waals surface area contributed by atoms with E-state index in [0.717, 1.165) is 18.0 Å². The third kappa shape index (κ3) is 5.42. The van der Waals surface area contributed by atoms with Gasteiger partial charge in [0, 0.05) is 6.54 Å². The summed E-state index contributed by atoms with van der Waals surface area (Å²) in [6.07, 6.45) is 6.62. The lowest BCUT2D eigenvalue weighted by molar-refractivity contribution is 0.159. The molecule has 2 rings (SSSR count). The van der Waals surface area contributed by atoms with Crippen molar-refractivity contribution in [3.63, 3.8) is 0 Å². The van der Waals surface area contributed by atoms with Gasteiger partial charge in [-0.2, -0.15) is 0 Å². The summed E-state index contributed by atoms with van der Waals surface area (Å²) in [6.45, 7) is 3.05. The molecule has 0 heterocycles. The maximum absolute atomic E-state index is 10.2. The van der Waals surface area contributed by atoms with E-state index in [2.05, 4.69) is 29.6 Å². The molecule has 1 aromatic carbocycles. The third-order valence-electron chi connectivity index (χ3n) is 4.43. The zero-order chi connectivity index (χ0) is 15.1. The van der Waals surface area contributed by atoms with Crippen LogP contribution in [0.1, 0.15) is 68.6 Å². The number of nitrogens with one attached hydrogen (secondary N) is 1. The minimum atomic E-state index is -0.424. The normalized spacial score (nSPS) is 19.4. The van der Waals surface area contributed by atoms with Crippen molar-refractivity contribution in [2.45, 2.75) is 63.6 Å². The van der Waals surface area contributed by atoms with Gasteiger partial charge in [0.25, 0.3) is 0 Å². The van der Waals surface area contributed by atoms with Gasteiger partial charge >= 0.3 is 0 Å². The maximum Gasteiger partial charge on any atom is 0.0802 e. The van der Waals surface area contributed by atoms with Gasteiger partial charge in [0.15, 0.2) is 0 Å². The molecule has 0 bridgehead atoms. The largest absolute Gasteiger partial charge is 0.392 e. The van der Waals surface area contributed by atoms with Crippen molar-refractivity contribution in [1.29, 1.82) is 0 Å². The highest BCUT2D eigenvalue weighted by Crippen LogP contribution is 2.33. The van der Waals surface area contributed by atoms with Crippen molar-refractivity contribution in [2.24, 2.45) is 0 Å².